The Bertz CT molecular complexity index is 529. The molecule has 0 fully saturated rings. The van der Waals surface area contributed by atoms with Crippen molar-refractivity contribution in [1.29, 1.82) is 0 Å². The lowest BCUT2D eigenvalue weighted by molar-refractivity contribution is 0.190. The summed E-state index contributed by atoms with van der Waals surface area (Å²) in [7, 11) is 0. The quantitative estimate of drug-likeness (QED) is 0.179. The highest BCUT2D eigenvalue weighted by Gasteiger charge is 2.13. The third kappa shape index (κ3) is 14.2. The number of unbranched alkanes of at least 4 members (excludes halogenated alkanes) is 13. The second-order valence-corrected chi connectivity index (χ2v) is 9.80. The minimum Gasteiger partial charge on any atom is -0.489 e. The van der Waals surface area contributed by atoms with Crippen LogP contribution in [0.5, 0.6) is 5.75 Å². The van der Waals surface area contributed by atoms with Gasteiger partial charge in [0.15, 0.2) is 0 Å². The summed E-state index contributed by atoms with van der Waals surface area (Å²) in [4.78, 5) is 0. The van der Waals surface area contributed by atoms with Crippen LogP contribution < -0.4 is 10.1 Å². The molecule has 0 unspecified atom stereocenters. The number of hydrogen-bond donors (Lipinski definition) is 1. The van der Waals surface area contributed by atoms with Gasteiger partial charge in [-0.1, -0.05) is 129 Å². The molecule has 0 saturated heterocycles. The standard InChI is InChI=1S/C30H55NO/c1-5-8-9-10-11-12-13-14-15-16-17-18-19-22-25-31-26-28(7-3)32-30-24-21-20-23-29(30)27(4)6-2/h20-21,23-24,27-28,31H,5-19,22,25-26H2,1-4H3/t27-,28-/m0/s1. The molecule has 0 spiro atoms. The van der Waals surface area contributed by atoms with E-state index in [1.54, 1.807) is 0 Å². The molecule has 0 aliphatic carbocycles. The Kier molecular flexibility index (Phi) is 18.7. The van der Waals surface area contributed by atoms with Crippen LogP contribution in [0.3, 0.4) is 0 Å². The maximum atomic E-state index is 6.38. The van der Waals surface area contributed by atoms with Crippen LogP contribution in [0, 0.1) is 0 Å². The van der Waals surface area contributed by atoms with Crippen molar-refractivity contribution in [2.45, 2.75) is 142 Å². The topological polar surface area (TPSA) is 21.3 Å². The van der Waals surface area contributed by atoms with Gasteiger partial charge in [-0.05, 0) is 43.4 Å². The Hall–Kier alpha value is -1.02. The maximum absolute atomic E-state index is 6.38. The Morgan fingerprint density at radius 3 is 1.75 bits per heavy atom. The van der Waals surface area contributed by atoms with E-state index < -0.39 is 0 Å². The molecule has 2 nitrogen and oxygen atoms in total. The Morgan fingerprint density at radius 2 is 1.22 bits per heavy atom. The van der Waals surface area contributed by atoms with E-state index in [-0.39, 0.29) is 6.10 Å². The number of hydrogen-bond acceptors (Lipinski definition) is 2. The molecule has 0 aliphatic rings. The molecule has 0 saturated carbocycles. The molecule has 1 N–H and O–H groups in total. The van der Waals surface area contributed by atoms with Gasteiger partial charge >= 0.3 is 0 Å². The van der Waals surface area contributed by atoms with Gasteiger partial charge in [-0.2, -0.15) is 0 Å². The lowest BCUT2D eigenvalue weighted by Gasteiger charge is -2.22. The molecule has 1 aromatic rings. The van der Waals surface area contributed by atoms with E-state index in [1.165, 1.54) is 95.5 Å². The molecule has 1 rings (SSSR count). The van der Waals surface area contributed by atoms with Crippen molar-refractivity contribution in [2.75, 3.05) is 13.1 Å². The highest BCUT2D eigenvalue weighted by molar-refractivity contribution is 5.36. The van der Waals surface area contributed by atoms with Crippen molar-refractivity contribution < 1.29 is 4.74 Å². The summed E-state index contributed by atoms with van der Waals surface area (Å²) in [5, 5.41) is 3.64. The van der Waals surface area contributed by atoms with Crippen LogP contribution in [-0.2, 0) is 0 Å². The van der Waals surface area contributed by atoms with Crippen LogP contribution in [0.2, 0.25) is 0 Å². The number of nitrogens with one attached hydrogen (secondary N) is 1. The van der Waals surface area contributed by atoms with Gasteiger partial charge in [-0.25, -0.2) is 0 Å². The zero-order valence-corrected chi connectivity index (χ0v) is 22.1. The lowest BCUT2D eigenvalue weighted by Crippen LogP contribution is -2.31. The fraction of sp³-hybridized carbons (Fsp3) is 0.800. The van der Waals surface area contributed by atoms with Crippen molar-refractivity contribution in [3.8, 4) is 5.75 Å². The molecule has 0 amide bonds. The summed E-state index contributed by atoms with van der Waals surface area (Å²) in [6, 6.07) is 8.58. The van der Waals surface area contributed by atoms with E-state index in [2.05, 4.69) is 57.3 Å². The van der Waals surface area contributed by atoms with E-state index in [0.29, 0.717) is 5.92 Å². The molecule has 32 heavy (non-hydrogen) atoms. The molecule has 1 aromatic carbocycles. The fourth-order valence-electron chi connectivity index (χ4n) is 4.37. The first-order chi connectivity index (χ1) is 15.7. The molecule has 0 bridgehead atoms. The van der Waals surface area contributed by atoms with E-state index in [1.807, 2.05) is 0 Å². The van der Waals surface area contributed by atoms with Crippen LogP contribution in [0.25, 0.3) is 0 Å². The zero-order valence-electron chi connectivity index (χ0n) is 22.1. The van der Waals surface area contributed by atoms with Gasteiger partial charge < -0.3 is 10.1 Å². The first-order valence-electron chi connectivity index (χ1n) is 14.2. The summed E-state index contributed by atoms with van der Waals surface area (Å²) in [5.41, 5.74) is 1.35. The summed E-state index contributed by atoms with van der Waals surface area (Å²) in [5.74, 6) is 1.62. The third-order valence-electron chi connectivity index (χ3n) is 6.89. The number of rotatable bonds is 22. The van der Waals surface area contributed by atoms with E-state index in [0.717, 1.165) is 31.7 Å². The molecular weight excluding hydrogens is 390 g/mol. The first kappa shape index (κ1) is 29.0. The van der Waals surface area contributed by atoms with Gasteiger partial charge in [0, 0.05) is 6.54 Å². The third-order valence-corrected chi connectivity index (χ3v) is 6.89. The van der Waals surface area contributed by atoms with E-state index in [4.69, 9.17) is 4.74 Å². The van der Waals surface area contributed by atoms with Gasteiger partial charge in [-0.3, -0.25) is 0 Å². The average Bonchev–Trinajstić information content (AvgIpc) is 2.82. The minimum absolute atomic E-state index is 0.256. The number of para-hydroxylation sites is 1. The molecule has 186 valence electrons. The number of ether oxygens (including phenoxy) is 1. The highest BCUT2D eigenvalue weighted by Crippen LogP contribution is 2.29. The summed E-state index contributed by atoms with van der Waals surface area (Å²) >= 11 is 0. The van der Waals surface area contributed by atoms with Gasteiger partial charge in [0.2, 0.25) is 0 Å². The Balaban J connectivity index is 1.99. The summed E-state index contributed by atoms with van der Waals surface area (Å²) in [6.45, 7) is 11.1. The van der Waals surface area contributed by atoms with Gasteiger partial charge in [0.25, 0.3) is 0 Å². The normalized spacial score (nSPS) is 13.2. The molecule has 2 atom stereocenters. The molecule has 0 aliphatic heterocycles. The molecule has 2 heteroatoms. The monoisotopic (exact) mass is 445 g/mol. The van der Waals surface area contributed by atoms with Crippen LogP contribution in [0.15, 0.2) is 24.3 Å². The van der Waals surface area contributed by atoms with E-state index >= 15 is 0 Å². The molecule has 0 aromatic heterocycles. The van der Waals surface area contributed by atoms with Crippen LogP contribution in [0.1, 0.15) is 142 Å². The fourth-order valence-corrected chi connectivity index (χ4v) is 4.37. The second kappa shape index (κ2) is 20.6. The SMILES string of the molecule is CCCCCCCCCCCCCCCCNC[C@H](CC)Oc1ccccc1[C@@H](C)CC. The van der Waals surface area contributed by atoms with Crippen molar-refractivity contribution in [2.24, 2.45) is 0 Å². The maximum Gasteiger partial charge on any atom is 0.123 e. The largest absolute Gasteiger partial charge is 0.489 e. The molecule has 0 heterocycles. The van der Waals surface area contributed by atoms with Crippen molar-refractivity contribution in [3.63, 3.8) is 0 Å². The van der Waals surface area contributed by atoms with Crippen molar-refractivity contribution >= 4 is 0 Å². The van der Waals surface area contributed by atoms with Crippen LogP contribution >= 0.6 is 0 Å². The summed E-state index contributed by atoms with van der Waals surface area (Å²) < 4.78 is 6.38. The predicted octanol–water partition coefficient (Wildman–Crippen LogP) is 9.43. The highest BCUT2D eigenvalue weighted by atomic mass is 16.5. The van der Waals surface area contributed by atoms with Crippen LogP contribution in [0.4, 0.5) is 0 Å². The van der Waals surface area contributed by atoms with Crippen molar-refractivity contribution in [3.05, 3.63) is 29.8 Å². The second-order valence-electron chi connectivity index (χ2n) is 9.80. The Morgan fingerprint density at radius 1 is 0.688 bits per heavy atom. The smallest absolute Gasteiger partial charge is 0.123 e. The first-order valence-corrected chi connectivity index (χ1v) is 14.2. The lowest BCUT2D eigenvalue weighted by atomic mass is 9.98. The van der Waals surface area contributed by atoms with Crippen LogP contribution in [-0.4, -0.2) is 19.2 Å². The molecular formula is C30H55NO. The predicted molar refractivity (Wildman–Crippen MR) is 143 cm³/mol. The molecule has 0 radical (unpaired) electrons. The Labute approximate surface area is 201 Å². The van der Waals surface area contributed by atoms with Gasteiger partial charge in [0.05, 0.1) is 0 Å². The zero-order chi connectivity index (χ0) is 23.3. The van der Waals surface area contributed by atoms with E-state index in [9.17, 15) is 0 Å². The number of benzene rings is 1. The van der Waals surface area contributed by atoms with Gasteiger partial charge in [-0.15, -0.1) is 0 Å². The van der Waals surface area contributed by atoms with Gasteiger partial charge in [0.1, 0.15) is 11.9 Å². The summed E-state index contributed by atoms with van der Waals surface area (Å²) in [6.07, 6.45) is 22.3. The van der Waals surface area contributed by atoms with Crippen molar-refractivity contribution in [1.82, 2.24) is 5.32 Å². The average molecular weight is 446 g/mol. The minimum atomic E-state index is 0.256.